The number of hydrogen-bond donors (Lipinski definition) is 1. The van der Waals surface area contributed by atoms with Gasteiger partial charge in [0, 0.05) is 18.2 Å². The van der Waals surface area contributed by atoms with Crippen molar-refractivity contribution in [2.75, 3.05) is 72.5 Å². The lowest BCUT2D eigenvalue weighted by Gasteiger charge is -2.30. The highest BCUT2D eigenvalue weighted by molar-refractivity contribution is 5.82. The molecule has 0 saturated heterocycles. The summed E-state index contributed by atoms with van der Waals surface area (Å²) in [5, 5.41) is 14.7. The minimum atomic E-state index is -0.883. The van der Waals surface area contributed by atoms with Crippen LogP contribution in [0.15, 0.2) is 24.3 Å². The molecule has 0 saturated carbocycles. The molecule has 0 amide bonds. The smallest absolute Gasteiger partial charge is 0.323 e. The normalized spacial score (nSPS) is 12.3. The van der Waals surface area contributed by atoms with Crippen LogP contribution in [0.25, 0.3) is 0 Å². The van der Waals surface area contributed by atoms with Crippen molar-refractivity contribution in [2.24, 2.45) is 0 Å². The molecule has 1 rings (SSSR count). The molecule has 0 bridgehead atoms. The highest BCUT2D eigenvalue weighted by atomic mass is 16.6. The van der Waals surface area contributed by atoms with Gasteiger partial charge in [-0.05, 0) is 27.7 Å². The van der Waals surface area contributed by atoms with Crippen molar-refractivity contribution < 1.29 is 52.5 Å². The van der Waals surface area contributed by atoms with Gasteiger partial charge in [0.25, 0.3) is 5.69 Å². The van der Waals surface area contributed by atoms with E-state index in [0.29, 0.717) is 0 Å². The van der Waals surface area contributed by atoms with Crippen LogP contribution < -0.4 is 5.32 Å². The lowest BCUT2D eigenvalue weighted by Crippen LogP contribution is -2.42. The molecule has 0 aliphatic rings. The summed E-state index contributed by atoms with van der Waals surface area (Å²) in [5.41, 5.74) is 0.0490. The van der Waals surface area contributed by atoms with Gasteiger partial charge in [-0.25, -0.2) is 0 Å². The van der Waals surface area contributed by atoms with Crippen LogP contribution >= 0.6 is 0 Å². The number of nitro benzene ring substituents is 1. The first kappa shape index (κ1) is 37.4. The fourth-order valence-corrected chi connectivity index (χ4v) is 3.94. The summed E-state index contributed by atoms with van der Waals surface area (Å²) in [6.45, 7) is 7.05. The zero-order valence-corrected chi connectivity index (χ0v) is 25.2. The Morgan fingerprint density at radius 3 is 1.95 bits per heavy atom. The van der Waals surface area contributed by atoms with Crippen molar-refractivity contribution in [3.8, 4) is 0 Å². The van der Waals surface area contributed by atoms with Crippen LogP contribution in [0.3, 0.4) is 0 Å². The Morgan fingerprint density at radius 1 is 0.814 bits per heavy atom. The van der Waals surface area contributed by atoms with Crippen LogP contribution in [0.4, 0.5) is 5.69 Å². The summed E-state index contributed by atoms with van der Waals surface area (Å²) in [5.74, 6) is -2.34. The molecule has 0 aliphatic carbocycles. The SMILES string of the molecule is CCOC(=O)CC(NCCOCCOCC(c1ccccc1[N+](=O)[O-])N(CC(=O)OCC)CC(=O)OCC)C(=O)OCC. The van der Waals surface area contributed by atoms with Crippen LogP contribution in [-0.4, -0.2) is 112 Å². The van der Waals surface area contributed by atoms with E-state index in [-0.39, 0.29) is 90.2 Å². The molecule has 242 valence electrons. The molecule has 0 fully saturated rings. The maximum Gasteiger partial charge on any atom is 0.323 e. The number of nitrogens with one attached hydrogen (secondary N) is 1. The standard InChI is InChI=1S/C28H43N3O12/c1-5-40-25(32)17-22(28(35)43-8-4)29-13-14-38-15-16-39-20-24(21-11-9-10-12-23(21)31(36)37)30(18-26(33)41-6-2)19-27(34)42-7-3/h9-12,22,24,29H,5-8,13-20H2,1-4H3. The van der Waals surface area contributed by atoms with Crippen molar-refractivity contribution in [1.82, 2.24) is 10.2 Å². The number of para-hydroxylation sites is 1. The van der Waals surface area contributed by atoms with Gasteiger partial charge in [0.15, 0.2) is 0 Å². The maximum atomic E-state index is 12.4. The summed E-state index contributed by atoms with van der Waals surface area (Å²) in [6, 6.07) is 4.24. The van der Waals surface area contributed by atoms with Crippen LogP contribution in [0.5, 0.6) is 0 Å². The molecule has 43 heavy (non-hydrogen) atoms. The molecule has 1 aromatic rings. The molecule has 0 aliphatic heterocycles. The van der Waals surface area contributed by atoms with Gasteiger partial charge in [-0.2, -0.15) is 0 Å². The summed E-state index contributed by atoms with van der Waals surface area (Å²) >= 11 is 0. The average Bonchev–Trinajstić information content (AvgIpc) is 2.96. The molecule has 1 N–H and O–H groups in total. The average molecular weight is 614 g/mol. The molecule has 1 aromatic carbocycles. The zero-order valence-electron chi connectivity index (χ0n) is 25.2. The Morgan fingerprint density at radius 2 is 1.37 bits per heavy atom. The van der Waals surface area contributed by atoms with E-state index in [9.17, 15) is 29.3 Å². The Kier molecular flexibility index (Phi) is 19.1. The maximum absolute atomic E-state index is 12.4. The van der Waals surface area contributed by atoms with Gasteiger partial charge in [0.2, 0.25) is 0 Å². The Labute approximate surface area is 251 Å². The van der Waals surface area contributed by atoms with E-state index in [1.807, 2.05) is 0 Å². The second-order valence-corrected chi connectivity index (χ2v) is 8.80. The largest absolute Gasteiger partial charge is 0.466 e. The van der Waals surface area contributed by atoms with Gasteiger partial charge in [-0.1, -0.05) is 18.2 Å². The molecular weight excluding hydrogens is 570 g/mol. The predicted molar refractivity (Wildman–Crippen MR) is 152 cm³/mol. The highest BCUT2D eigenvalue weighted by Gasteiger charge is 2.31. The molecule has 2 atom stereocenters. The number of benzene rings is 1. The lowest BCUT2D eigenvalue weighted by atomic mass is 10.0. The van der Waals surface area contributed by atoms with E-state index < -0.39 is 40.9 Å². The van der Waals surface area contributed by atoms with E-state index in [0.717, 1.165) is 0 Å². The quantitative estimate of drug-likeness (QED) is 0.0617. The molecular formula is C28H43N3O12. The first-order chi connectivity index (χ1) is 20.7. The zero-order chi connectivity index (χ0) is 32.0. The monoisotopic (exact) mass is 613 g/mol. The summed E-state index contributed by atoms with van der Waals surface area (Å²) in [7, 11) is 0. The van der Waals surface area contributed by atoms with Gasteiger partial charge in [-0.3, -0.25) is 34.2 Å². The molecule has 0 radical (unpaired) electrons. The van der Waals surface area contributed by atoms with Gasteiger partial charge < -0.3 is 33.7 Å². The van der Waals surface area contributed by atoms with Gasteiger partial charge in [0.05, 0.1) is 83.3 Å². The molecule has 0 spiro atoms. The minimum Gasteiger partial charge on any atom is -0.466 e. The number of hydrogen-bond acceptors (Lipinski definition) is 14. The minimum absolute atomic E-state index is 0.0773. The van der Waals surface area contributed by atoms with Crippen LogP contribution in [-0.2, 0) is 47.6 Å². The summed E-state index contributed by atoms with van der Waals surface area (Å²) in [6.07, 6.45) is -0.184. The first-order valence-corrected chi connectivity index (χ1v) is 14.2. The number of nitro groups is 1. The third-order valence-electron chi connectivity index (χ3n) is 5.74. The van der Waals surface area contributed by atoms with Crippen LogP contribution in [0.2, 0.25) is 0 Å². The van der Waals surface area contributed by atoms with E-state index in [4.69, 9.17) is 28.4 Å². The van der Waals surface area contributed by atoms with Crippen LogP contribution in [0.1, 0.15) is 45.7 Å². The molecule has 0 heterocycles. The third kappa shape index (κ3) is 14.9. The fourth-order valence-electron chi connectivity index (χ4n) is 3.94. The second-order valence-electron chi connectivity index (χ2n) is 8.80. The van der Waals surface area contributed by atoms with Gasteiger partial charge in [0.1, 0.15) is 6.04 Å². The third-order valence-corrected chi connectivity index (χ3v) is 5.74. The number of ether oxygens (including phenoxy) is 6. The van der Waals surface area contributed by atoms with E-state index in [1.54, 1.807) is 33.8 Å². The van der Waals surface area contributed by atoms with Crippen molar-refractivity contribution in [3.05, 3.63) is 39.9 Å². The molecule has 0 aromatic heterocycles. The first-order valence-electron chi connectivity index (χ1n) is 14.2. The second kappa shape index (κ2) is 22.0. The predicted octanol–water partition coefficient (Wildman–Crippen LogP) is 1.57. The van der Waals surface area contributed by atoms with E-state index in [2.05, 4.69) is 5.32 Å². The molecule has 15 heteroatoms. The Bertz CT molecular complexity index is 1000. The number of esters is 4. The topological polar surface area (TPSA) is 182 Å². The van der Waals surface area contributed by atoms with Gasteiger partial charge >= 0.3 is 23.9 Å². The fraction of sp³-hybridized carbons (Fsp3) is 0.643. The Balaban J connectivity index is 2.84. The number of carbonyl (C=O) groups is 4. The Hall–Kier alpha value is -3.66. The van der Waals surface area contributed by atoms with Crippen molar-refractivity contribution >= 4 is 29.6 Å². The molecule has 2 unspecified atom stereocenters. The van der Waals surface area contributed by atoms with Crippen LogP contribution in [0, 0.1) is 10.1 Å². The van der Waals surface area contributed by atoms with E-state index >= 15 is 0 Å². The molecule has 15 nitrogen and oxygen atoms in total. The van der Waals surface area contributed by atoms with Crippen molar-refractivity contribution in [2.45, 2.75) is 46.2 Å². The summed E-state index contributed by atoms with van der Waals surface area (Å²) < 4.78 is 31.3. The lowest BCUT2D eigenvalue weighted by molar-refractivity contribution is -0.386. The highest BCUT2D eigenvalue weighted by Crippen LogP contribution is 2.29. The van der Waals surface area contributed by atoms with Gasteiger partial charge in [-0.15, -0.1) is 0 Å². The van der Waals surface area contributed by atoms with Crippen molar-refractivity contribution in [1.29, 1.82) is 0 Å². The number of carbonyl (C=O) groups excluding carboxylic acids is 4. The number of rotatable bonds is 23. The summed E-state index contributed by atoms with van der Waals surface area (Å²) in [4.78, 5) is 61.3. The van der Waals surface area contributed by atoms with E-state index in [1.165, 1.54) is 23.1 Å². The number of nitrogens with zero attached hydrogens (tertiary/aromatic N) is 2. The van der Waals surface area contributed by atoms with Crippen molar-refractivity contribution in [3.63, 3.8) is 0 Å².